The number of hydrogen-bond acceptors (Lipinski definition) is 5. The number of nitrogens with one attached hydrogen (secondary N) is 1. The van der Waals surface area contributed by atoms with Gasteiger partial charge in [-0.15, -0.1) is 0 Å². The number of morpholine rings is 1. The first-order valence-electron chi connectivity index (χ1n) is 10.1. The van der Waals surface area contributed by atoms with Gasteiger partial charge in [0.25, 0.3) is 0 Å². The average molecular weight is 375 g/mol. The van der Waals surface area contributed by atoms with Crippen LogP contribution >= 0.6 is 0 Å². The summed E-state index contributed by atoms with van der Waals surface area (Å²) in [5, 5.41) is 3.14. The Balaban J connectivity index is 1.40. The van der Waals surface area contributed by atoms with Crippen LogP contribution in [0.5, 0.6) is 0 Å². The summed E-state index contributed by atoms with van der Waals surface area (Å²) in [7, 11) is 0. The Morgan fingerprint density at radius 1 is 1.11 bits per heavy atom. The van der Waals surface area contributed by atoms with Gasteiger partial charge >= 0.3 is 0 Å². The number of carbonyl (C=O) groups excluding carboxylic acids is 1. The van der Waals surface area contributed by atoms with Crippen LogP contribution in [-0.4, -0.2) is 86.8 Å². The summed E-state index contributed by atoms with van der Waals surface area (Å²) in [6.07, 6.45) is 0. The van der Waals surface area contributed by atoms with E-state index in [4.69, 9.17) is 4.74 Å². The number of amides is 1. The fraction of sp³-hybridized carbons (Fsp3) is 0.667. The molecule has 3 rings (SSSR count). The molecule has 6 heteroatoms. The van der Waals surface area contributed by atoms with Crippen LogP contribution in [0, 0.1) is 6.92 Å². The fourth-order valence-electron chi connectivity index (χ4n) is 3.84. The summed E-state index contributed by atoms with van der Waals surface area (Å²) in [6, 6.07) is 8.64. The van der Waals surface area contributed by atoms with Crippen LogP contribution in [0.2, 0.25) is 0 Å². The molecule has 2 heterocycles. The van der Waals surface area contributed by atoms with Crippen LogP contribution in [0.15, 0.2) is 24.3 Å². The quantitative estimate of drug-likeness (QED) is 0.814. The summed E-state index contributed by atoms with van der Waals surface area (Å²) in [5.41, 5.74) is 2.53. The van der Waals surface area contributed by atoms with Gasteiger partial charge in [-0.05, 0) is 38.5 Å². The topological polar surface area (TPSA) is 48.0 Å². The first-order chi connectivity index (χ1) is 12.9. The first-order valence-corrected chi connectivity index (χ1v) is 10.1. The van der Waals surface area contributed by atoms with Crippen molar-refractivity contribution in [1.82, 2.24) is 15.1 Å². The normalized spacial score (nSPS) is 19.9. The Labute approximate surface area is 163 Å². The zero-order valence-corrected chi connectivity index (χ0v) is 17.0. The molecule has 0 spiro atoms. The van der Waals surface area contributed by atoms with E-state index in [2.05, 4.69) is 65.1 Å². The number of ether oxygens (including phenoxy) is 1. The van der Waals surface area contributed by atoms with E-state index in [0.717, 1.165) is 52.5 Å². The third kappa shape index (κ3) is 5.67. The van der Waals surface area contributed by atoms with Crippen LogP contribution in [0.25, 0.3) is 0 Å². The molecule has 1 amide bonds. The summed E-state index contributed by atoms with van der Waals surface area (Å²) in [6.45, 7) is 14.9. The maximum absolute atomic E-state index is 12.4. The molecule has 1 aromatic rings. The van der Waals surface area contributed by atoms with E-state index in [-0.39, 0.29) is 11.4 Å². The van der Waals surface area contributed by atoms with E-state index in [1.807, 2.05) is 0 Å². The SMILES string of the molecule is Cc1cccc(N2CCN(CC(=O)NCC(C)(C)N3CCOCC3)CC2)c1. The lowest BCUT2D eigenvalue weighted by Crippen LogP contribution is -2.56. The Morgan fingerprint density at radius 3 is 2.48 bits per heavy atom. The Bertz CT molecular complexity index is 620. The van der Waals surface area contributed by atoms with E-state index in [9.17, 15) is 4.79 Å². The highest BCUT2D eigenvalue weighted by molar-refractivity contribution is 5.78. The summed E-state index contributed by atoms with van der Waals surface area (Å²) in [5.74, 6) is 0.125. The second kappa shape index (κ2) is 9.04. The molecule has 27 heavy (non-hydrogen) atoms. The first kappa shape index (κ1) is 20.1. The lowest BCUT2D eigenvalue weighted by Gasteiger charge is -2.41. The third-order valence-electron chi connectivity index (χ3n) is 5.69. The molecule has 1 aromatic carbocycles. The molecule has 0 aliphatic carbocycles. The van der Waals surface area contributed by atoms with Crippen LogP contribution in [0.3, 0.4) is 0 Å². The summed E-state index contributed by atoms with van der Waals surface area (Å²) in [4.78, 5) is 19.5. The number of piperazine rings is 1. The number of anilines is 1. The van der Waals surface area contributed by atoms with Crippen molar-refractivity contribution in [2.75, 3.05) is 70.5 Å². The Hall–Kier alpha value is -1.63. The molecule has 2 aliphatic heterocycles. The molecule has 0 bridgehead atoms. The third-order valence-corrected chi connectivity index (χ3v) is 5.69. The van der Waals surface area contributed by atoms with Gasteiger partial charge in [0.1, 0.15) is 0 Å². The average Bonchev–Trinajstić information content (AvgIpc) is 2.68. The molecule has 2 saturated heterocycles. The van der Waals surface area contributed by atoms with Gasteiger partial charge in [-0.1, -0.05) is 12.1 Å². The van der Waals surface area contributed by atoms with Crippen molar-refractivity contribution in [2.45, 2.75) is 26.3 Å². The number of aryl methyl sites for hydroxylation is 1. The molecular weight excluding hydrogens is 340 g/mol. The molecule has 2 fully saturated rings. The van der Waals surface area contributed by atoms with Gasteiger partial charge in [0.2, 0.25) is 5.91 Å². The summed E-state index contributed by atoms with van der Waals surface area (Å²) >= 11 is 0. The van der Waals surface area contributed by atoms with Crippen LogP contribution in [0.4, 0.5) is 5.69 Å². The highest BCUT2D eigenvalue weighted by Crippen LogP contribution is 2.18. The standard InChI is InChI=1S/C21H34N4O2/c1-18-5-4-6-19(15-18)24-9-7-23(8-10-24)16-20(26)22-17-21(2,3)25-11-13-27-14-12-25/h4-6,15H,7-14,16-17H2,1-3H3,(H,22,26). The van der Waals surface area contributed by atoms with Crippen molar-refractivity contribution in [2.24, 2.45) is 0 Å². The lowest BCUT2D eigenvalue weighted by atomic mass is 10.0. The summed E-state index contributed by atoms with van der Waals surface area (Å²) < 4.78 is 5.43. The number of benzene rings is 1. The minimum Gasteiger partial charge on any atom is -0.379 e. The smallest absolute Gasteiger partial charge is 0.234 e. The number of hydrogen-bond donors (Lipinski definition) is 1. The van der Waals surface area contributed by atoms with E-state index in [1.165, 1.54) is 11.3 Å². The monoisotopic (exact) mass is 374 g/mol. The number of carbonyl (C=O) groups is 1. The molecule has 2 aliphatic rings. The maximum atomic E-state index is 12.4. The minimum absolute atomic E-state index is 0.0384. The molecular formula is C21H34N4O2. The molecule has 0 saturated carbocycles. The van der Waals surface area contributed by atoms with Gasteiger partial charge < -0.3 is 15.0 Å². The Kier molecular flexibility index (Phi) is 6.73. The zero-order valence-electron chi connectivity index (χ0n) is 17.0. The molecule has 6 nitrogen and oxygen atoms in total. The van der Waals surface area contributed by atoms with Gasteiger partial charge in [-0.3, -0.25) is 14.6 Å². The number of nitrogens with zero attached hydrogens (tertiary/aromatic N) is 3. The number of rotatable bonds is 6. The van der Waals surface area contributed by atoms with Gasteiger partial charge in [0.15, 0.2) is 0 Å². The van der Waals surface area contributed by atoms with E-state index in [0.29, 0.717) is 13.1 Å². The van der Waals surface area contributed by atoms with E-state index >= 15 is 0 Å². The van der Waals surface area contributed by atoms with Crippen molar-refractivity contribution in [3.63, 3.8) is 0 Å². The maximum Gasteiger partial charge on any atom is 0.234 e. The van der Waals surface area contributed by atoms with E-state index in [1.54, 1.807) is 0 Å². The van der Waals surface area contributed by atoms with Crippen molar-refractivity contribution in [3.05, 3.63) is 29.8 Å². The predicted octanol–water partition coefficient (Wildman–Crippen LogP) is 1.34. The van der Waals surface area contributed by atoms with Gasteiger partial charge in [0.05, 0.1) is 19.8 Å². The zero-order chi connectivity index (χ0) is 19.3. The lowest BCUT2D eigenvalue weighted by molar-refractivity contribution is -0.123. The van der Waals surface area contributed by atoms with Crippen molar-refractivity contribution in [3.8, 4) is 0 Å². The van der Waals surface area contributed by atoms with Crippen LogP contribution in [-0.2, 0) is 9.53 Å². The Morgan fingerprint density at radius 2 is 1.81 bits per heavy atom. The van der Waals surface area contributed by atoms with Crippen LogP contribution in [0.1, 0.15) is 19.4 Å². The van der Waals surface area contributed by atoms with Gasteiger partial charge in [-0.2, -0.15) is 0 Å². The van der Waals surface area contributed by atoms with Crippen LogP contribution < -0.4 is 10.2 Å². The fourth-order valence-corrected chi connectivity index (χ4v) is 3.84. The van der Waals surface area contributed by atoms with E-state index < -0.39 is 0 Å². The highest BCUT2D eigenvalue weighted by Gasteiger charge is 2.29. The van der Waals surface area contributed by atoms with Crippen molar-refractivity contribution >= 4 is 11.6 Å². The second-order valence-corrected chi connectivity index (χ2v) is 8.29. The predicted molar refractivity (Wildman–Crippen MR) is 109 cm³/mol. The van der Waals surface area contributed by atoms with Gasteiger partial charge in [0, 0.05) is 57.0 Å². The minimum atomic E-state index is -0.0384. The molecule has 0 unspecified atom stereocenters. The van der Waals surface area contributed by atoms with Crippen molar-refractivity contribution < 1.29 is 9.53 Å². The molecule has 0 atom stereocenters. The highest BCUT2D eigenvalue weighted by atomic mass is 16.5. The second-order valence-electron chi connectivity index (χ2n) is 8.29. The van der Waals surface area contributed by atoms with Crippen molar-refractivity contribution in [1.29, 1.82) is 0 Å². The van der Waals surface area contributed by atoms with Gasteiger partial charge in [-0.25, -0.2) is 0 Å². The largest absolute Gasteiger partial charge is 0.379 e. The molecule has 1 N–H and O–H groups in total. The molecule has 0 radical (unpaired) electrons. The molecule has 150 valence electrons. The molecule has 0 aromatic heterocycles.